The molecule has 2 atom stereocenters. The van der Waals surface area contributed by atoms with Gasteiger partial charge >= 0.3 is 0 Å². The van der Waals surface area contributed by atoms with Crippen LogP contribution >= 0.6 is 11.8 Å². The predicted octanol–water partition coefficient (Wildman–Crippen LogP) is 4.31. The minimum Gasteiger partial charge on any atom is -0.327 e. The van der Waals surface area contributed by atoms with E-state index in [1.807, 2.05) is 13.0 Å². The molecule has 0 amide bonds. The molecule has 0 spiro atoms. The molecule has 0 bridgehead atoms. The van der Waals surface area contributed by atoms with Crippen LogP contribution in [0.15, 0.2) is 53.4 Å². The smallest absolute Gasteiger partial charge is 0.123 e. The van der Waals surface area contributed by atoms with Crippen LogP contribution < -0.4 is 5.73 Å². The van der Waals surface area contributed by atoms with E-state index in [1.165, 1.54) is 23.3 Å². The summed E-state index contributed by atoms with van der Waals surface area (Å²) in [6.45, 7) is 4.08. The average molecular weight is 275 g/mol. The van der Waals surface area contributed by atoms with Crippen LogP contribution in [0.5, 0.6) is 0 Å². The second-order valence-corrected chi connectivity index (χ2v) is 5.98. The van der Waals surface area contributed by atoms with Gasteiger partial charge in [0.05, 0.1) is 0 Å². The summed E-state index contributed by atoms with van der Waals surface area (Å²) >= 11 is 1.68. The number of thioether (sulfide) groups is 1. The maximum absolute atomic E-state index is 12.9. The summed E-state index contributed by atoms with van der Waals surface area (Å²) in [6, 6.07) is 15.0. The fourth-order valence-corrected chi connectivity index (χ4v) is 3.07. The van der Waals surface area contributed by atoms with Crippen LogP contribution in [-0.4, -0.2) is 6.04 Å². The van der Waals surface area contributed by atoms with Crippen LogP contribution in [0.1, 0.15) is 23.3 Å². The molecule has 0 aliphatic rings. The first-order chi connectivity index (χ1) is 9.06. The number of nitrogens with two attached hydrogens (primary N) is 1. The van der Waals surface area contributed by atoms with Gasteiger partial charge in [-0.1, -0.05) is 29.8 Å². The van der Waals surface area contributed by atoms with E-state index < -0.39 is 0 Å². The summed E-state index contributed by atoms with van der Waals surface area (Å²) < 4.78 is 12.9. The molecule has 0 radical (unpaired) electrons. The highest BCUT2D eigenvalue weighted by molar-refractivity contribution is 7.99. The lowest BCUT2D eigenvalue weighted by Gasteiger charge is -2.21. The fourth-order valence-electron chi connectivity index (χ4n) is 1.99. The number of hydrogen-bond acceptors (Lipinski definition) is 2. The van der Waals surface area contributed by atoms with Gasteiger partial charge in [-0.2, -0.15) is 0 Å². The standard InChI is InChI=1S/C16H18FNS/c1-11-4-3-5-13(10-11)16(12(2)18)19-15-8-6-14(17)7-9-15/h3-10,12,16H,18H2,1-2H3. The lowest BCUT2D eigenvalue weighted by molar-refractivity contribution is 0.626. The summed E-state index contributed by atoms with van der Waals surface area (Å²) in [5.74, 6) is -0.211. The van der Waals surface area contributed by atoms with E-state index in [2.05, 4.69) is 25.1 Å². The van der Waals surface area contributed by atoms with E-state index in [0.29, 0.717) is 0 Å². The first-order valence-electron chi connectivity index (χ1n) is 6.30. The zero-order chi connectivity index (χ0) is 13.8. The van der Waals surface area contributed by atoms with Crippen LogP contribution in [0.3, 0.4) is 0 Å². The lowest BCUT2D eigenvalue weighted by Crippen LogP contribution is -2.22. The van der Waals surface area contributed by atoms with Crippen molar-refractivity contribution in [1.29, 1.82) is 0 Å². The molecule has 2 unspecified atom stereocenters. The molecular formula is C16H18FNS. The molecule has 3 heteroatoms. The van der Waals surface area contributed by atoms with Crippen LogP contribution in [0.2, 0.25) is 0 Å². The third-order valence-corrected chi connectivity index (χ3v) is 4.42. The van der Waals surface area contributed by atoms with Gasteiger partial charge in [0.2, 0.25) is 0 Å². The van der Waals surface area contributed by atoms with Crippen molar-refractivity contribution >= 4 is 11.8 Å². The van der Waals surface area contributed by atoms with Crippen molar-refractivity contribution in [2.24, 2.45) is 5.73 Å². The maximum Gasteiger partial charge on any atom is 0.123 e. The fraction of sp³-hybridized carbons (Fsp3) is 0.250. The Hall–Kier alpha value is -1.32. The quantitative estimate of drug-likeness (QED) is 0.841. The zero-order valence-corrected chi connectivity index (χ0v) is 12.0. The normalized spacial score (nSPS) is 14.1. The monoisotopic (exact) mass is 275 g/mol. The molecule has 2 aromatic rings. The first kappa shape index (κ1) is 14.1. The molecule has 0 heterocycles. The van der Waals surface area contributed by atoms with Crippen LogP contribution in [-0.2, 0) is 0 Å². The summed E-state index contributed by atoms with van der Waals surface area (Å²) in [6.07, 6.45) is 0. The average Bonchev–Trinajstić information content (AvgIpc) is 2.37. The molecule has 2 N–H and O–H groups in total. The topological polar surface area (TPSA) is 26.0 Å². The molecule has 19 heavy (non-hydrogen) atoms. The van der Waals surface area contributed by atoms with E-state index in [0.717, 1.165) is 4.90 Å². The van der Waals surface area contributed by atoms with Gasteiger partial charge in [0.25, 0.3) is 0 Å². The Bertz CT molecular complexity index is 537. The molecule has 0 saturated heterocycles. The second kappa shape index (κ2) is 6.22. The highest BCUT2D eigenvalue weighted by Crippen LogP contribution is 2.37. The zero-order valence-electron chi connectivity index (χ0n) is 11.1. The molecule has 2 aromatic carbocycles. The van der Waals surface area contributed by atoms with Crippen molar-refractivity contribution in [3.63, 3.8) is 0 Å². The number of halogens is 1. The molecule has 100 valence electrons. The Balaban J connectivity index is 2.23. The molecule has 1 nitrogen and oxygen atoms in total. The van der Waals surface area contributed by atoms with Gasteiger partial charge in [-0.15, -0.1) is 11.8 Å². The largest absolute Gasteiger partial charge is 0.327 e. The third kappa shape index (κ3) is 3.82. The summed E-state index contributed by atoms with van der Waals surface area (Å²) in [7, 11) is 0. The minimum atomic E-state index is -0.211. The third-order valence-electron chi connectivity index (χ3n) is 2.92. The Morgan fingerprint density at radius 2 is 1.79 bits per heavy atom. The molecule has 2 rings (SSSR count). The van der Waals surface area contributed by atoms with Crippen molar-refractivity contribution in [3.05, 3.63) is 65.5 Å². The van der Waals surface area contributed by atoms with Gasteiger partial charge < -0.3 is 5.73 Å². The molecule has 0 aliphatic heterocycles. The van der Waals surface area contributed by atoms with Crippen molar-refractivity contribution in [3.8, 4) is 0 Å². The highest BCUT2D eigenvalue weighted by atomic mass is 32.2. The van der Waals surface area contributed by atoms with E-state index in [9.17, 15) is 4.39 Å². The van der Waals surface area contributed by atoms with Crippen molar-refractivity contribution in [2.75, 3.05) is 0 Å². The second-order valence-electron chi connectivity index (χ2n) is 4.77. The lowest BCUT2D eigenvalue weighted by atomic mass is 10.0. The van der Waals surface area contributed by atoms with E-state index >= 15 is 0 Å². The Morgan fingerprint density at radius 3 is 2.37 bits per heavy atom. The van der Waals surface area contributed by atoms with Gasteiger partial charge in [-0.05, 0) is 43.7 Å². The van der Waals surface area contributed by atoms with Gasteiger partial charge in [-0.25, -0.2) is 4.39 Å². The van der Waals surface area contributed by atoms with Crippen LogP contribution in [0.4, 0.5) is 4.39 Å². The molecular weight excluding hydrogens is 257 g/mol. The SMILES string of the molecule is Cc1cccc(C(Sc2ccc(F)cc2)C(C)N)c1. The first-order valence-corrected chi connectivity index (χ1v) is 7.18. The van der Waals surface area contributed by atoms with Crippen molar-refractivity contribution in [2.45, 2.75) is 30.0 Å². The van der Waals surface area contributed by atoms with Gasteiger partial charge in [-0.3, -0.25) is 0 Å². The van der Waals surface area contributed by atoms with Crippen molar-refractivity contribution in [1.82, 2.24) is 0 Å². The minimum absolute atomic E-state index is 0.0249. The van der Waals surface area contributed by atoms with Gasteiger partial charge in [0, 0.05) is 16.2 Å². The summed E-state index contributed by atoms with van der Waals surface area (Å²) in [5.41, 5.74) is 8.54. The predicted molar refractivity (Wildman–Crippen MR) is 79.8 cm³/mol. The molecule has 0 aliphatic carbocycles. The van der Waals surface area contributed by atoms with Gasteiger partial charge in [0.15, 0.2) is 0 Å². The number of rotatable bonds is 4. The van der Waals surface area contributed by atoms with Crippen molar-refractivity contribution < 1.29 is 4.39 Å². The Morgan fingerprint density at radius 1 is 1.11 bits per heavy atom. The van der Waals surface area contributed by atoms with E-state index in [-0.39, 0.29) is 17.1 Å². The molecule has 0 saturated carbocycles. The molecule has 0 fully saturated rings. The van der Waals surface area contributed by atoms with E-state index in [4.69, 9.17) is 5.73 Å². The Kier molecular flexibility index (Phi) is 4.61. The number of aryl methyl sites for hydroxylation is 1. The maximum atomic E-state index is 12.9. The summed E-state index contributed by atoms with van der Waals surface area (Å²) in [5, 5.41) is 0.172. The highest BCUT2D eigenvalue weighted by Gasteiger charge is 2.17. The Labute approximate surface area is 118 Å². The number of benzene rings is 2. The van der Waals surface area contributed by atoms with Gasteiger partial charge in [0.1, 0.15) is 5.82 Å². The van der Waals surface area contributed by atoms with Crippen LogP contribution in [0.25, 0.3) is 0 Å². The summed E-state index contributed by atoms with van der Waals surface area (Å²) in [4.78, 5) is 1.03. The van der Waals surface area contributed by atoms with E-state index in [1.54, 1.807) is 23.9 Å². The molecule has 0 aromatic heterocycles. The number of hydrogen-bond donors (Lipinski definition) is 1. The van der Waals surface area contributed by atoms with Crippen LogP contribution in [0, 0.1) is 12.7 Å².